The van der Waals surface area contributed by atoms with Gasteiger partial charge >= 0.3 is 12.0 Å². The minimum Gasteiger partial charge on any atom is -0.480 e. The van der Waals surface area contributed by atoms with Crippen LogP contribution in [0.3, 0.4) is 0 Å². The second-order valence-corrected chi connectivity index (χ2v) is 4.00. The molecule has 1 rings (SSSR count). The topological polar surface area (TPSA) is 113 Å². The number of benzene rings is 1. The molecule has 0 aliphatic rings. The first-order chi connectivity index (χ1) is 8.82. The molecule has 19 heavy (non-hydrogen) atoms. The molecule has 0 aliphatic heterocycles. The van der Waals surface area contributed by atoms with Crippen molar-refractivity contribution in [2.45, 2.75) is 13.0 Å². The van der Waals surface area contributed by atoms with Crippen LogP contribution in [-0.4, -0.2) is 41.0 Å². The molecule has 3 amide bonds. The van der Waals surface area contributed by atoms with Crippen molar-refractivity contribution in [3.63, 3.8) is 0 Å². The minimum atomic E-state index is -1.10. The van der Waals surface area contributed by atoms with Crippen molar-refractivity contribution in [3.8, 4) is 0 Å². The number of carbonyl (C=O) groups excluding carboxylic acids is 2. The number of aliphatic carboxylic acids is 1. The minimum absolute atomic E-state index is 0.266. The van der Waals surface area contributed by atoms with Crippen LogP contribution in [0.5, 0.6) is 0 Å². The van der Waals surface area contributed by atoms with Crippen LogP contribution in [-0.2, 0) is 4.79 Å². The molecule has 0 heterocycles. The molecule has 102 valence electrons. The molecule has 1 aromatic rings. The number of nitrogens with two attached hydrogens (primary N) is 1. The predicted molar refractivity (Wildman–Crippen MR) is 68.8 cm³/mol. The van der Waals surface area contributed by atoms with Crippen LogP contribution in [0.2, 0.25) is 0 Å². The summed E-state index contributed by atoms with van der Waals surface area (Å²) >= 11 is 0. The Balaban J connectivity index is 2.93. The number of anilines is 1. The first kappa shape index (κ1) is 14.5. The second-order valence-electron chi connectivity index (χ2n) is 4.00. The average molecular weight is 265 g/mol. The fourth-order valence-corrected chi connectivity index (χ4v) is 1.42. The van der Waals surface area contributed by atoms with E-state index in [0.29, 0.717) is 5.69 Å². The Morgan fingerprint density at radius 1 is 1.37 bits per heavy atom. The zero-order valence-corrected chi connectivity index (χ0v) is 10.6. The number of hydrogen-bond acceptors (Lipinski definition) is 3. The Bertz CT molecular complexity index is 515. The Labute approximate surface area is 110 Å². The quantitative estimate of drug-likeness (QED) is 0.744. The molecule has 1 atom stereocenters. The third-order valence-electron chi connectivity index (χ3n) is 2.64. The molecular weight excluding hydrogens is 250 g/mol. The average Bonchev–Trinajstić information content (AvgIpc) is 2.35. The molecule has 0 saturated carbocycles. The van der Waals surface area contributed by atoms with Crippen LogP contribution in [0.1, 0.15) is 17.3 Å². The Kier molecular flexibility index (Phi) is 4.46. The summed E-state index contributed by atoms with van der Waals surface area (Å²) in [6.07, 6.45) is 0. The number of carboxylic acid groups (broad SMARTS) is 1. The van der Waals surface area contributed by atoms with Crippen molar-refractivity contribution in [3.05, 3.63) is 29.8 Å². The van der Waals surface area contributed by atoms with E-state index in [0.717, 1.165) is 4.90 Å². The first-order valence-electron chi connectivity index (χ1n) is 5.49. The SMILES string of the molecule is CC(C(=O)O)N(C)C(=O)c1cccc(NC(N)=O)c1. The highest BCUT2D eigenvalue weighted by Crippen LogP contribution is 2.13. The highest BCUT2D eigenvalue weighted by molar-refractivity contribution is 5.98. The fourth-order valence-electron chi connectivity index (χ4n) is 1.42. The molecular formula is C12H15N3O4. The van der Waals surface area contributed by atoms with Gasteiger partial charge in [0.15, 0.2) is 0 Å². The van der Waals surface area contributed by atoms with Gasteiger partial charge in [-0.05, 0) is 25.1 Å². The summed E-state index contributed by atoms with van der Waals surface area (Å²) in [5, 5.41) is 11.2. The molecule has 1 aromatic carbocycles. The van der Waals surface area contributed by atoms with Gasteiger partial charge in [-0.25, -0.2) is 9.59 Å². The molecule has 0 aromatic heterocycles. The number of carboxylic acids is 1. The Morgan fingerprint density at radius 2 is 2.00 bits per heavy atom. The smallest absolute Gasteiger partial charge is 0.326 e. The molecule has 7 nitrogen and oxygen atoms in total. The molecule has 0 bridgehead atoms. The van der Waals surface area contributed by atoms with E-state index in [9.17, 15) is 14.4 Å². The number of amides is 3. The maximum absolute atomic E-state index is 12.0. The predicted octanol–water partition coefficient (Wildman–Crippen LogP) is 0.722. The highest BCUT2D eigenvalue weighted by Gasteiger charge is 2.22. The summed E-state index contributed by atoms with van der Waals surface area (Å²) in [6.45, 7) is 1.41. The summed E-state index contributed by atoms with van der Waals surface area (Å²) in [5.74, 6) is -1.55. The number of hydrogen-bond donors (Lipinski definition) is 3. The van der Waals surface area contributed by atoms with E-state index in [-0.39, 0.29) is 5.56 Å². The van der Waals surface area contributed by atoms with Crippen molar-refractivity contribution in [2.24, 2.45) is 5.73 Å². The van der Waals surface area contributed by atoms with Crippen molar-refractivity contribution < 1.29 is 19.5 Å². The summed E-state index contributed by atoms with van der Waals surface area (Å²) < 4.78 is 0. The maximum Gasteiger partial charge on any atom is 0.326 e. The van der Waals surface area contributed by atoms with Gasteiger partial charge in [0.1, 0.15) is 6.04 Å². The van der Waals surface area contributed by atoms with Crippen molar-refractivity contribution in [1.29, 1.82) is 0 Å². The number of urea groups is 1. The standard InChI is InChI=1S/C12H15N3O4/c1-7(11(17)18)15(2)10(16)8-4-3-5-9(6-8)14-12(13)19/h3-7H,1-2H3,(H,17,18)(H3,13,14,19). The molecule has 7 heteroatoms. The molecule has 0 aliphatic carbocycles. The largest absolute Gasteiger partial charge is 0.480 e. The van der Waals surface area contributed by atoms with Crippen molar-refractivity contribution >= 4 is 23.6 Å². The molecule has 0 radical (unpaired) electrons. The molecule has 0 spiro atoms. The van der Waals surface area contributed by atoms with Gasteiger partial charge in [0.25, 0.3) is 5.91 Å². The van der Waals surface area contributed by atoms with E-state index in [1.165, 1.54) is 26.1 Å². The summed E-state index contributed by atoms with van der Waals surface area (Å²) in [4.78, 5) is 34.7. The van der Waals surface area contributed by atoms with E-state index in [1.807, 2.05) is 0 Å². The lowest BCUT2D eigenvalue weighted by Crippen LogP contribution is -2.40. The van der Waals surface area contributed by atoms with E-state index in [4.69, 9.17) is 10.8 Å². The number of nitrogens with zero attached hydrogens (tertiary/aromatic N) is 1. The summed E-state index contributed by atoms with van der Waals surface area (Å²) in [6, 6.07) is 4.41. The maximum atomic E-state index is 12.0. The van der Waals surface area contributed by atoms with Gasteiger partial charge in [-0.15, -0.1) is 0 Å². The van der Waals surface area contributed by atoms with E-state index in [1.54, 1.807) is 12.1 Å². The van der Waals surface area contributed by atoms with Crippen molar-refractivity contribution in [2.75, 3.05) is 12.4 Å². The van der Waals surface area contributed by atoms with Crippen molar-refractivity contribution in [1.82, 2.24) is 4.90 Å². The lowest BCUT2D eigenvalue weighted by molar-refractivity contribution is -0.141. The molecule has 4 N–H and O–H groups in total. The van der Waals surface area contributed by atoms with Crippen LogP contribution in [0, 0.1) is 0 Å². The van der Waals surface area contributed by atoms with Gasteiger partial charge in [-0.1, -0.05) is 6.07 Å². The lowest BCUT2D eigenvalue weighted by atomic mass is 10.1. The summed E-state index contributed by atoms with van der Waals surface area (Å²) in [5.41, 5.74) is 5.61. The third-order valence-corrected chi connectivity index (χ3v) is 2.64. The lowest BCUT2D eigenvalue weighted by Gasteiger charge is -2.21. The number of likely N-dealkylation sites (N-methyl/N-ethyl adjacent to an activating group) is 1. The van der Waals surface area contributed by atoms with E-state index >= 15 is 0 Å². The second kappa shape index (κ2) is 5.85. The Morgan fingerprint density at radius 3 is 2.53 bits per heavy atom. The van der Waals surface area contributed by atoms with Gasteiger partial charge in [-0.2, -0.15) is 0 Å². The number of rotatable bonds is 4. The summed E-state index contributed by atoms with van der Waals surface area (Å²) in [7, 11) is 1.40. The number of primary amides is 1. The third kappa shape index (κ3) is 3.70. The normalized spacial score (nSPS) is 11.5. The molecule has 1 unspecified atom stereocenters. The zero-order chi connectivity index (χ0) is 14.6. The highest BCUT2D eigenvalue weighted by atomic mass is 16.4. The van der Waals surface area contributed by atoms with Crippen LogP contribution in [0.4, 0.5) is 10.5 Å². The first-order valence-corrected chi connectivity index (χ1v) is 5.49. The van der Waals surface area contributed by atoms with E-state index < -0.39 is 23.9 Å². The van der Waals surface area contributed by atoms with Crippen LogP contribution < -0.4 is 11.1 Å². The zero-order valence-electron chi connectivity index (χ0n) is 10.6. The Hall–Kier alpha value is -2.57. The molecule has 0 saturated heterocycles. The monoisotopic (exact) mass is 265 g/mol. The van der Waals surface area contributed by atoms with Gasteiger partial charge in [0.05, 0.1) is 0 Å². The van der Waals surface area contributed by atoms with Gasteiger partial charge in [0.2, 0.25) is 0 Å². The van der Waals surface area contributed by atoms with Crippen LogP contribution in [0.15, 0.2) is 24.3 Å². The molecule has 0 fully saturated rings. The number of nitrogens with one attached hydrogen (secondary N) is 1. The van der Waals surface area contributed by atoms with Gasteiger partial charge in [-0.3, -0.25) is 4.79 Å². The number of carbonyl (C=O) groups is 3. The van der Waals surface area contributed by atoms with Crippen LogP contribution in [0.25, 0.3) is 0 Å². The van der Waals surface area contributed by atoms with E-state index in [2.05, 4.69) is 5.32 Å². The van der Waals surface area contributed by atoms with Crippen LogP contribution >= 0.6 is 0 Å². The fraction of sp³-hybridized carbons (Fsp3) is 0.250. The van der Waals surface area contributed by atoms with Gasteiger partial charge < -0.3 is 21.1 Å². The van der Waals surface area contributed by atoms with Gasteiger partial charge in [0, 0.05) is 18.3 Å².